The first kappa shape index (κ1) is 19.4. The predicted octanol–water partition coefficient (Wildman–Crippen LogP) is 2.69. The average molecular weight is 358 g/mol. The molecule has 8 heteroatoms. The number of halogens is 1. The number of rotatable bonds is 8. The zero-order valence-corrected chi connectivity index (χ0v) is 14.4. The Hall–Kier alpha value is -1.67. The number of nitrogens with one attached hydrogen (secondary N) is 1. The zero-order valence-electron chi connectivity index (χ0n) is 12.8. The minimum atomic E-state index is -0.257. The number of thiazole rings is 1. The average Bonchev–Trinajstić information content (AvgIpc) is 3.01. The van der Waals surface area contributed by atoms with Crippen LogP contribution in [-0.2, 0) is 11.3 Å². The molecule has 23 heavy (non-hydrogen) atoms. The van der Waals surface area contributed by atoms with Gasteiger partial charge in [-0.3, -0.25) is 4.79 Å². The first-order valence-electron chi connectivity index (χ1n) is 6.90. The van der Waals surface area contributed by atoms with E-state index < -0.39 is 0 Å². The fraction of sp³-hybridized carbons (Fsp3) is 0.333. The SMILES string of the molecule is COCCCOc1cccc(NC(=O)c2csc(CN)n2)c1.Cl. The van der Waals surface area contributed by atoms with Crippen LogP contribution in [-0.4, -0.2) is 31.2 Å². The van der Waals surface area contributed by atoms with Gasteiger partial charge in [-0.2, -0.15) is 0 Å². The number of methoxy groups -OCH3 is 1. The summed E-state index contributed by atoms with van der Waals surface area (Å²) < 4.78 is 10.6. The molecule has 1 aromatic heterocycles. The molecule has 0 aliphatic rings. The third-order valence-corrected chi connectivity index (χ3v) is 3.68. The van der Waals surface area contributed by atoms with Crippen molar-refractivity contribution in [2.45, 2.75) is 13.0 Å². The molecule has 0 saturated carbocycles. The van der Waals surface area contributed by atoms with Gasteiger partial charge in [0.05, 0.1) is 6.61 Å². The molecule has 0 radical (unpaired) electrons. The standard InChI is InChI=1S/C15H19N3O3S.ClH/c1-20-6-3-7-21-12-5-2-4-11(8-12)17-15(19)13-10-22-14(9-16)18-13;/h2,4-5,8,10H,3,6-7,9,16H2,1H3,(H,17,19);1H. The van der Waals surface area contributed by atoms with Crippen molar-refractivity contribution in [1.29, 1.82) is 0 Å². The van der Waals surface area contributed by atoms with Crippen molar-refractivity contribution in [3.8, 4) is 5.75 Å². The number of hydrogen-bond donors (Lipinski definition) is 2. The summed E-state index contributed by atoms with van der Waals surface area (Å²) in [6, 6.07) is 7.25. The third-order valence-electron chi connectivity index (χ3n) is 2.81. The van der Waals surface area contributed by atoms with Gasteiger partial charge in [0, 0.05) is 43.8 Å². The van der Waals surface area contributed by atoms with Crippen LogP contribution in [0, 0.1) is 0 Å². The molecular weight excluding hydrogens is 338 g/mol. The van der Waals surface area contributed by atoms with Gasteiger partial charge in [-0.1, -0.05) is 6.07 Å². The van der Waals surface area contributed by atoms with Crippen molar-refractivity contribution in [2.75, 3.05) is 25.6 Å². The lowest BCUT2D eigenvalue weighted by Gasteiger charge is -2.08. The Balaban J connectivity index is 0.00000264. The van der Waals surface area contributed by atoms with Gasteiger partial charge in [0.25, 0.3) is 5.91 Å². The van der Waals surface area contributed by atoms with E-state index in [1.807, 2.05) is 12.1 Å². The maximum Gasteiger partial charge on any atom is 0.275 e. The summed E-state index contributed by atoms with van der Waals surface area (Å²) in [4.78, 5) is 16.2. The van der Waals surface area contributed by atoms with E-state index in [2.05, 4.69) is 10.3 Å². The number of benzene rings is 1. The molecular formula is C15H20ClN3O3S. The van der Waals surface area contributed by atoms with Crippen LogP contribution in [0.2, 0.25) is 0 Å². The molecule has 0 aliphatic heterocycles. The minimum Gasteiger partial charge on any atom is -0.493 e. The normalized spacial score (nSPS) is 10.0. The lowest BCUT2D eigenvalue weighted by molar-refractivity contribution is 0.102. The summed E-state index contributed by atoms with van der Waals surface area (Å²) in [6.07, 6.45) is 0.813. The Morgan fingerprint density at radius 1 is 1.39 bits per heavy atom. The Morgan fingerprint density at radius 2 is 2.22 bits per heavy atom. The number of ether oxygens (including phenoxy) is 2. The Kier molecular flexibility index (Phi) is 8.57. The predicted molar refractivity (Wildman–Crippen MR) is 93.6 cm³/mol. The molecule has 0 atom stereocenters. The highest BCUT2D eigenvalue weighted by atomic mass is 35.5. The first-order valence-corrected chi connectivity index (χ1v) is 7.78. The minimum absolute atomic E-state index is 0. The molecule has 1 amide bonds. The van der Waals surface area contributed by atoms with Crippen LogP contribution in [0.4, 0.5) is 5.69 Å². The van der Waals surface area contributed by atoms with E-state index in [1.165, 1.54) is 11.3 Å². The number of nitrogens with two attached hydrogens (primary N) is 1. The quantitative estimate of drug-likeness (QED) is 0.709. The van der Waals surface area contributed by atoms with Crippen molar-refractivity contribution in [3.63, 3.8) is 0 Å². The number of amides is 1. The van der Waals surface area contributed by atoms with Crippen LogP contribution in [0.3, 0.4) is 0 Å². The summed E-state index contributed by atoms with van der Waals surface area (Å²) in [6.45, 7) is 1.56. The summed E-state index contributed by atoms with van der Waals surface area (Å²) >= 11 is 1.37. The number of carbonyl (C=O) groups is 1. The Morgan fingerprint density at radius 3 is 2.91 bits per heavy atom. The number of anilines is 1. The Labute approximate surface area is 145 Å². The van der Waals surface area contributed by atoms with Crippen molar-refractivity contribution in [3.05, 3.63) is 40.3 Å². The fourth-order valence-corrected chi connectivity index (χ4v) is 2.42. The highest BCUT2D eigenvalue weighted by molar-refractivity contribution is 7.09. The monoisotopic (exact) mass is 357 g/mol. The molecule has 126 valence electrons. The molecule has 2 aromatic rings. The van der Waals surface area contributed by atoms with E-state index in [1.54, 1.807) is 24.6 Å². The van der Waals surface area contributed by atoms with Crippen LogP contribution in [0.5, 0.6) is 5.75 Å². The fourth-order valence-electron chi connectivity index (χ4n) is 1.76. The molecule has 0 unspecified atom stereocenters. The van der Waals surface area contributed by atoms with Crippen molar-refractivity contribution in [2.24, 2.45) is 5.73 Å². The molecule has 6 nitrogen and oxygen atoms in total. The lowest BCUT2D eigenvalue weighted by Crippen LogP contribution is -2.12. The molecule has 0 spiro atoms. The van der Waals surface area contributed by atoms with Crippen molar-refractivity contribution >= 4 is 35.3 Å². The number of hydrogen-bond acceptors (Lipinski definition) is 6. The third kappa shape index (κ3) is 6.15. The van der Waals surface area contributed by atoms with Gasteiger partial charge >= 0.3 is 0 Å². The molecule has 1 heterocycles. The van der Waals surface area contributed by atoms with Gasteiger partial charge in [-0.25, -0.2) is 4.98 Å². The van der Waals surface area contributed by atoms with Crippen LogP contribution < -0.4 is 15.8 Å². The molecule has 0 bridgehead atoms. The second-order valence-electron chi connectivity index (χ2n) is 4.51. The zero-order chi connectivity index (χ0) is 15.8. The number of aromatic nitrogens is 1. The van der Waals surface area contributed by atoms with Crippen LogP contribution in [0.1, 0.15) is 21.9 Å². The summed E-state index contributed by atoms with van der Waals surface area (Å²) in [5, 5.41) is 5.23. The lowest BCUT2D eigenvalue weighted by atomic mass is 10.3. The highest BCUT2D eigenvalue weighted by Crippen LogP contribution is 2.19. The molecule has 0 fully saturated rings. The molecule has 3 N–H and O–H groups in total. The van der Waals surface area contributed by atoms with Crippen molar-refractivity contribution < 1.29 is 14.3 Å². The van der Waals surface area contributed by atoms with Crippen LogP contribution in [0.15, 0.2) is 29.6 Å². The van der Waals surface area contributed by atoms with E-state index in [-0.39, 0.29) is 18.3 Å². The smallest absolute Gasteiger partial charge is 0.275 e. The molecule has 2 rings (SSSR count). The maximum absolute atomic E-state index is 12.1. The topological polar surface area (TPSA) is 86.5 Å². The second-order valence-corrected chi connectivity index (χ2v) is 5.45. The van der Waals surface area contributed by atoms with Crippen molar-refractivity contribution in [1.82, 2.24) is 4.98 Å². The van der Waals surface area contributed by atoms with E-state index in [0.717, 1.165) is 11.4 Å². The van der Waals surface area contributed by atoms with Gasteiger partial charge in [0.15, 0.2) is 0 Å². The molecule has 1 aromatic carbocycles. The van der Waals surface area contributed by atoms with Gasteiger partial charge in [-0.15, -0.1) is 23.7 Å². The van der Waals surface area contributed by atoms with Gasteiger partial charge in [-0.05, 0) is 12.1 Å². The second kappa shape index (κ2) is 10.2. The van der Waals surface area contributed by atoms with Gasteiger partial charge in [0.2, 0.25) is 0 Å². The largest absolute Gasteiger partial charge is 0.493 e. The van der Waals surface area contributed by atoms with E-state index in [0.29, 0.717) is 36.9 Å². The van der Waals surface area contributed by atoms with E-state index in [9.17, 15) is 4.79 Å². The van der Waals surface area contributed by atoms with E-state index in [4.69, 9.17) is 15.2 Å². The van der Waals surface area contributed by atoms with Crippen LogP contribution >= 0.6 is 23.7 Å². The summed E-state index contributed by atoms with van der Waals surface area (Å²) in [7, 11) is 1.66. The first-order chi connectivity index (χ1) is 10.7. The van der Waals surface area contributed by atoms with Crippen LogP contribution in [0.25, 0.3) is 0 Å². The number of nitrogens with zero attached hydrogens (tertiary/aromatic N) is 1. The van der Waals surface area contributed by atoms with Gasteiger partial charge < -0.3 is 20.5 Å². The molecule has 0 aliphatic carbocycles. The summed E-state index contributed by atoms with van der Waals surface area (Å²) in [5.74, 6) is 0.447. The maximum atomic E-state index is 12.1. The number of carbonyl (C=O) groups excluding carboxylic acids is 1. The van der Waals surface area contributed by atoms with Gasteiger partial charge in [0.1, 0.15) is 16.5 Å². The van der Waals surface area contributed by atoms with E-state index >= 15 is 0 Å². The molecule has 0 saturated heterocycles. The Bertz CT molecular complexity index is 622. The summed E-state index contributed by atoms with van der Waals surface area (Å²) in [5.41, 5.74) is 6.53. The highest BCUT2D eigenvalue weighted by Gasteiger charge is 2.10.